The molecule has 164 valence electrons. The molecule has 2 heterocycles. The van der Waals surface area contributed by atoms with Crippen molar-refractivity contribution in [3.8, 4) is 0 Å². The normalized spacial score (nSPS) is 16.1. The number of carbonyl (C=O) groups excluding carboxylic acids is 3. The van der Waals surface area contributed by atoms with Crippen molar-refractivity contribution in [3.05, 3.63) is 45.9 Å². The Hall–Kier alpha value is -2.45. The van der Waals surface area contributed by atoms with E-state index in [-0.39, 0.29) is 36.7 Å². The molecule has 1 aliphatic carbocycles. The van der Waals surface area contributed by atoms with E-state index in [1.807, 2.05) is 4.90 Å². The minimum absolute atomic E-state index is 0.0340. The zero-order chi connectivity index (χ0) is 21.8. The number of halogens is 1. The van der Waals surface area contributed by atoms with Gasteiger partial charge in [-0.2, -0.15) is 0 Å². The van der Waals surface area contributed by atoms with Crippen molar-refractivity contribution in [1.82, 2.24) is 14.8 Å². The lowest BCUT2D eigenvalue weighted by atomic mass is 10.1. The van der Waals surface area contributed by atoms with Gasteiger partial charge in [0.25, 0.3) is 5.91 Å². The van der Waals surface area contributed by atoms with Crippen molar-refractivity contribution in [1.29, 1.82) is 0 Å². The Kier molecular flexibility index (Phi) is 6.87. The van der Waals surface area contributed by atoms with Gasteiger partial charge in [0.05, 0.1) is 12.1 Å². The summed E-state index contributed by atoms with van der Waals surface area (Å²) in [5, 5.41) is 5.58. The Morgan fingerprint density at radius 1 is 1.13 bits per heavy atom. The van der Waals surface area contributed by atoms with Gasteiger partial charge in [-0.1, -0.05) is 11.6 Å². The lowest BCUT2D eigenvalue weighted by Crippen LogP contribution is -2.39. The molecule has 31 heavy (non-hydrogen) atoms. The summed E-state index contributed by atoms with van der Waals surface area (Å²) in [6.45, 7) is 1.59. The standard InChI is InChI=1S/C22H25ClN4O3S/c23-16-6-4-15(5-7-16)21(30)27(18-8-9-18)13-19(28)25-22-24-17(14-31-22)12-20(29)26-10-2-1-3-11-26/h4-7,14,18H,1-3,8-13H2,(H,24,25,28). The topological polar surface area (TPSA) is 82.6 Å². The van der Waals surface area contributed by atoms with Crippen molar-refractivity contribution in [3.63, 3.8) is 0 Å². The van der Waals surface area contributed by atoms with E-state index in [1.54, 1.807) is 34.5 Å². The number of piperidine rings is 1. The fourth-order valence-electron chi connectivity index (χ4n) is 3.68. The lowest BCUT2D eigenvalue weighted by Gasteiger charge is -2.26. The molecule has 3 amide bonds. The fourth-order valence-corrected chi connectivity index (χ4v) is 4.53. The lowest BCUT2D eigenvalue weighted by molar-refractivity contribution is -0.131. The smallest absolute Gasteiger partial charge is 0.254 e. The number of thiazole rings is 1. The van der Waals surface area contributed by atoms with Crippen LogP contribution in [0.25, 0.3) is 0 Å². The van der Waals surface area contributed by atoms with Gasteiger partial charge in [-0.15, -0.1) is 11.3 Å². The summed E-state index contributed by atoms with van der Waals surface area (Å²) >= 11 is 7.20. The van der Waals surface area contributed by atoms with Gasteiger partial charge in [-0.25, -0.2) is 4.98 Å². The van der Waals surface area contributed by atoms with Crippen molar-refractivity contribution in [2.75, 3.05) is 25.0 Å². The molecule has 0 radical (unpaired) electrons. The highest BCUT2D eigenvalue weighted by Gasteiger charge is 2.34. The van der Waals surface area contributed by atoms with Crippen LogP contribution < -0.4 is 5.32 Å². The second kappa shape index (κ2) is 9.78. The summed E-state index contributed by atoms with van der Waals surface area (Å²) in [5.41, 5.74) is 1.17. The molecular formula is C22H25ClN4O3S. The third-order valence-electron chi connectivity index (χ3n) is 5.49. The van der Waals surface area contributed by atoms with Gasteiger partial charge in [-0.05, 0) is 56.4 Å². The van der Waals surface area contributed by atoms with Crippen LogP contribution in [0.2, 0.25) is 5.02 Å². The number of hydrogen-bond acceptors (Lipinski definition) is 5. The second-order valence-electron chi connectivity index (χ2n) is 7.98. The Morgan fingerprint density at radius 2 is 1.84 bits per heavy atom. The van der Waals surface area contributed by atoms with E-state index in [1.165, 1.54) is 17.8 Å². The molecule has 2 aliphatic rings. The fraction of sp³-hybridized carbons (Fsp3) is 0.455. The van der Waals surface area contributed by atoms with E-state index in [2.05, 4.69) is 10.3 Å². The predicted molar refractivity (Wildman–Crippen MR) is 120 cm³/mol. The summed E-state index contributed by atoms with van der Waals surface area (Å²) < 4.78 is 0. The van der Waals surface area contributed by atoms with E-state index in [0.29, 0.717) is 21.4 Å². The first-order valence-electron chi connectivity index (χ1n) is 10.6. The van der Waals surface area contributed by atoms with E-state index < -0.39 is 0 Å². The van der Waals surface area contributed by atoms with Crippen LogP contribution in [-0.4, -0.2) is 58.2 Å². The number of benzene rings is 1. The minimum atomic E-state index is -0.294. The number of aromatic nitrogens is 1. The van der Waals surface area contributed by atoms with Gasteiger partial charge in [0.1, 0.15) is 6.54 Å². The number of nitrogens with zero attached hydrogens (tertiary/aromatic N) is 3. The number of carbonyl (C=O) groups is 3. The molecule has 1 aliphatic heterocycles. The number of nitrogens with one attached hydrogen (secondary N) is 1. The van der Waals surface area contributed by atoms with Gasteiger partial charge in [0.2, 0.25) is 11.8 Å². The highest BCUT2D eigenvalue weighted by atomic mass is 35.5. The molecule has 0 unspecified atom stereocenters. The molecule has 1 N–H and O–H groups in total. The molecule has 2 fully saturated rings. The first-order valence-corrected chi connectivity index (χ1v) is 11.8. The van der Waals surface area contributed by atoms with Crippen LogP contribution in [0.3, 0.4) is 0 Å². The van der Waals surface area contributed by atoms with Crippen molar-refractivity contribution in [2.24, 2.45) is 0 Å². The molecular weight excluding hydrogens is 436 g/mol. The van der Waals surface area contributed by atoms with Crippen LogP contribution in [0.1, 0.15) is 48.2 Å². The molecule has 7 nitrogen and oxygen atoms in total. The second-order valence-corrected chi connectivity index (χ2v) is 9.28. The van der Waals surface area contributed by atoms with E-state index >= 15 is 0 Å². The number of anilines is 1. The molecule has 0 spiro atoms. The van der Waals surface area contributed by atoms with Gasteiger partial charge < -0.3 is 15.1 Å². The Balaban J connectivity index is 1.33. The summed E-state index contributed by atoms with van der Waals surface area (Å²) in [6.07, 6.45) is 5.32. The van der Waals surface area contributed by atoms with Crippen LogP contribution >= 0.6 is 22.9 Å². The zero-order valence-corrected chi connectivity index (χ0v) is 18.8. The summed E-state index contributed by atoms with van der Waals surface area (Å²) in [4.78, 5) is 45.7. The van der Waals surface area contributed by atoms with Crippen molar-refractivity contribution in [2.45, 2.75) is 44.6 Å². The van der Waals surface area contributed by atoms with E-state index in [4.69, 9.17) is 11.6 Å². The average Bonchev–Trinajstić information content (AvgIpc) is 3.53. The van der Waals surface area contributed by atoms with Crippen LogP contribution in [0.4, 0.5) is 5.13 Å². The molecule has 1 aromatic carbocycles. The molecule has 1 saturated heterocycles. The first kappa shape index (κ1) is 21.8. The quantitative estimate of drug-likeness (QED) is 0.684. The predicted octanol–water partition coefficient (Wildman–Crippen LogP) is 3.59. The van der Waals surface area contributed by atoms with Crippen molar-refractivity contribution >= 4 is 45.8 Å². The van der Waals surface area contributed by atoms with E-state index in [0.717, 1.165) is 38.8 Å². The SMILES string of the molecule is O=C(CN(C(=O)c1ccc(Cl)cc1)C1CC1)Nc1nc(CC(=O)N2CCCCC2)cs1. The summed E-state index contributed by atoms with van der Waals surface area (Å²) in [6, 6.07) is 6.77. The zero-order valence-electron chi connectivity index (χ0n) is 17.2. The molecule has 2 aromatic rings. The summed E-state index contributed by atoms with van der Waals surface area (Å²) in [5.74, 6) is -0.393. The molecule has 1 saturated carbocycles. The average molecular weight is 461 g/mol. The van der Waals surface area contributed by atoms with Crippen LogP contribution in [0, 0.1) is 0 Å². The molecule has 4 rings (SSSR count). The van der Waals surface area contributed by atoms with Gasteiger partial charge in [0.15, 0.2) is 5.13 Å². The van der Waals surface area contributed by atoms with E-state index in [9.17, 15) is 14.4 Å². The third-order valence-corrected chi connectivity index (χ3v) is 6.55. The van der Waals surface area contributed by atoms with Gasteiger partial charge in [0, 0.05) is 35.1 Å². The maximum absolute atomic E-state index is 12.8. The highest BCUT2D eigenvalue weighted by molar-refractivity contribution is 7.13. The first-order chi connectivity index (χ1) is 15.0. The number of likely N-dealkylation sites (tertiary alicyclic amines) is 1. The molecule has 0 bridgehead atoms. The van der Waals surface area contributed by atoms with Gasteiger partial charge >= 0.3 is 0 Å². The summed E-state index contributed by atoms with van der Waals surface area (Å²) in [7, 11) is 0. The number of hydrogen-bond donors (Lipinski definition) is 1. The number of amides is 3. The maximum atomic E-state index is 12.8. The molecule has 9 heteroatoms. The number of rotatable bonds is 7. The van der Waals surface area contributed by atoms with Crippen LogP contribution in [0.15, 0.2) is 29.6 Å². The maximum Gasteiger partial charge on any atom is 0.254 e. The Bertz CT molecular complexity index is 952. The Labute approximate surface area is 190 Å². The Morgan fingerprint density at radius 3 is 2.52 bits per heavy atom. The molecule has 1 aromatic heterocycles. The highest BCUT2D eigenvalue weighted by Crippen LogP contribution is 2.28. The third kappa shape index (κ3) is 5.83. The molecule has 0 atom stereocenters. The largest absolute Gasteiger partial charge is 0.342 e. The van der Waals surface area contributed by atoms with Crippen LogP contribution in [0.5, 0.6) is 0 Å². The monoisotopic (exact) mass is 460 g/mol. The van der Waals surface area contributed by atoms with Crippen LogP contribution in [-0.2, 0) is 16.0 Å². The minimum Gasteiger partial charge on any atom is -0.342 e. The van der Waals surface area contributed by atoms with Gasteiger partial charge in [-0.3, -0.25) is 14.4 Å². The van der Waals surface area contributed by atoms with Crippen molar-refractivity contribution < 1.29 is 14.4 Å².